The number of ether oxygens (including phenoxy) is 2. The smallest absolute Gasteiger partial charge is 0.307 e. The van der Waals surface area contributed by atoms with E-state index >= 15 is 0 Å². The van der Waals surface area contributed by atoms with Gasteiger partial charge in [0.25, 0.3) is 0 Å². The first kappa shape index (κ1) is 10.7. The second kappa shape index (κ2) is 4.23. The number of hydrogen-bond acceptors (Lipinski definition) is 5. The Balaban J connectivity index is 2.92. The predicted octanol–water partition coefficient (Wildman–Crippen LogP) is -0.0128. The van der Waals surface area contributed by atoms with Gasteiger partial charge in [0.1, 0.15) is 30.7 Å². The van der Waals surface area contributed by atoms with Gasteiger partial charge in [-0.25, -0.2) is 0 Å². The molecule has 0 spiro atoms. The van der Waals surface area contributed by atoms with Gasteiger partial charge in [-0.1, -0.05) is 0 Å². The zero-order chi connectivity index (χ0) is 10.7. The number of carbonyl (C=O) groups excluding carboxylic acids is 2. The molecular weight excluding hydrogens is 188 g/mol. The van der Waals surface area contributed by atoms with Crippen LogP contribution >= 0.6 is 0 Å². The minimum atomic E-state index is -0.953. The summed E-state index contributed by atoms with van der Waals surface area (Å²) in [5, 5.41) is 9.39. The Morgan fingerprint density at radius 3 is 2.86 bits per heavy atom. The van der Waals surface area contributed by atoms with Crippen molar-refractivity contribution in [1.29, 1.82) is 0 Å². The molecular formula is C9H12O5. The molecule has 2 unspecified atom stereocenters. The fourth-order valence-corrected chi connectivity index (χ4v) is 1.24. The molecule has 0 bridgehead atoms. The molecule has 5 nitrogen and oxygen atoms in total. The summed E-state index contributed by atoms with van der Waals surface area (Å²) >= 11 is 0. The van der Waals surface area contributed by atoms with Crippen LogP contribution in [0.15, 0.2) is 11.5 Å². The van der Waals surface area contributed by atoms with Crippen LogP contribution in [-0.4, -0.2) is 30.1 Å². The molecule has 5 heteroatoms. The minimum Gasteiger partial charge on any atom is -0.492 e. The molecule has 2 atom stereocenters. The van der Waals surface area contributed by atoms with E-state index in [0.29, 0.717) is 12.0 Å². The normalized spacial score (nSPS) is 26.8. The number of allylic oxidation sites excluding steroid dienone is 1. The summed E-state index contributed by atoms with van der Waals surface area (Å²) in [6.45, 7) is 2.85. The standard InChI is InChI=1S/C9H12O5/c1-5-9(14-6(2)11)7(3-10)8(12)4-13-5/h3,7-8,12H,4H2,1-2H3. The van der Waals surface area contributed by atoms with Gasteiger partial charge in [-0.15, -0.1) is 0 Å². The summed E-state index contributed by atoms with van der Waals surface area (Å²) in [6.07, 6.45) is -0.403. The zero-order valence-electron chi connectivity index (χ0n) is 8.02. The lowest BCUT2D eigenvalue weighted by molar-refractivity contribution is -0.141. The van der Waals surface area contributed by atoms with Crippen LogP contribution in [0.5, 0.6) is 0 Å². The molecule has 0 aromatic rings. The quantitative estimate of drug-likeness (QED) is 0.501. The Bertz CT molecular complexity index is 281. The van der Waals surface area contributed by atoms with Gasteiger partial charge in [0.15, 0.2) is 5.76 Å². The van der Waals surface area contributed by atoms with Crippen molar-refractivity contribution >= 4 is 12.3 Å². The molecule has 1 heterocycles. The number of rotatable bonds is 2. The van der Waals surface area contributed by atoms with Crippen LogP contribution in [0.4, 0.5) is 0 Å². The number of aliphatic hydroxyl groups is 1. The van der Waals surface area contributed by atoms with E-state index in [-0.39, 0.29) is 12.4 Å². The molecule has 1 aliphatic rings. The van der Waals surface area contributed by atoms with E-state index in [1.165, 1.54) is 6.92 Å². The Hall–Kier alpha value is -1.36. The third-order valence-electron chi connectivity index (χ3n) is 1.94. The first-order valence-electron chi connectivity index (χ1n) is 4.21. The molecule has 1 rings (SSSR count). The van der Waals surface area contributed by atoms with Crippen LogP contribution in [0.2, 0.25) is 0 Å². The molecule has 0 fully saturated rings. The van der Waals surface area contributed by atoms with Gasteiger partial charge in [-0.05, 0) is 6.92 Å². The molecule has 0 aromatic carbocycles. The third kappa shape index (κ3) is 2.11. The van der Waals surface area contributed by atoms with E-state index in [9.17, 15) is 14.7 Å². The van der Waals surface area contributed by atoms with Crippen LogP contribution in [0, 0.1) is 5.92 Å². The maximum absolute atomic E-state index is 10.7. The highest BCUT2D eigenvalue weighted by Crippen LogP contribution is 2.25. The van der Waals surface area contributed by atoms with Crippen molar-refractivity contribution in [2.24, 2.45) is 5.92 Å². The van der Waals surface area contributed by atoms with E-state index < -0.39 is 18.0 Å². The van der Waals surface area contributed by atoms with E-state index in [0.717, 1.165) is 0 Å². The first-order chi connectivity index (χ1) is 6.56. The van der Waals surface area contributed by atoms with Gasteiger partial charge in [0, 0.05) is 6.92 Å². The molecule has 0 radical (unpaired) electrons. The van der Waals surface area contributed by atoms with Gasteiger partial charge in [-0.2, -0.15) is 0 Å². The number of aliphatic hydroxyl groups excluding tert-OH is 1. The van der Waals surface area contributed by atoms with Crippen LogP contribution in [0.25, 0.3) is 0 Å². The van der Waals surface area contributed by atoms with Crippen molar-refractivity contribution in [3.05, 3.63) is 11.5 Å². The van der Waals surface area contributed by atoms with Crippen molar-refractivity contribution in [2.45, 2.75) is 20.0 Å². The average Bonchev–Trinajstić information content (AvgIpc) is 2.11. The Labute approximate surface area is 81.3 Å². The predicted molar refractivity (Wildman–Crippen MR) is 46.0 cm³/mol. The maximum atomic E-state index is 10.7. The Morgan fingerprint density at radius 1 is 1.71 bits per heavy atom. The Kier molecular flexibility index (Phi) is 3.24. The van der Waals surface area contributed by atoms with Crippen molar-refractivity contribution < 1.29 is 24.2 Å². The molecule has 0 aliphatic carbocycles. The SMILES string of the molecule is CC(=O)OC1=C(C)OCC(O)C1C=O. The highest BCUT2D eigenvalue weighted by Gasteiger charge is 2.32. The molecule has 1 N–H and O–H groups in total. The summed E-state index contributed by atoms with van der Waals surface area (Å²) in [4.78, 5) is 21.4. The lowest BCUT2D eigenvalue weighted by Crippen LogP contribution is -2.34. The average molecular weight is 200 g/mol. The lowest BCUT2D eigenvalue weighted by Gasteiger charge is -2.26. The molecule has 1 aliphatic heterocycles. The molecule has 78 valence electrons. The van der Waals surface area contributed by atoms with Gasteiger partial charge in [0.05, 0.1) is 0 Å². The number of esters is 1. The first-order valence-corrected chi connectivity index (χ1v) is 4.21. The fraction of sp³-hybridized carbons (Fsp3) is 0.556. The monoisotopic (exact) mass is 200 g/mol. The molecule has 0 saturated carbocycles. The summed E-state index contributed by atoms with van der Waals surface area (Å²) in [6, 6.07) is 0. The van der Waals surface area contributed by atoms with Gasteiger partial charge < -0.3 is 19.4 Å². The molecule has 0 aromatic heterocycles. The second-order valence-electron chi connectivity index (χ2n) is 3.05. The van der Waals surface area contributed by atoms with Gasteiger partial charge >= 0.3 is 5.97 Å². The zero-order valence-corrected chi connectivity index (χ0v) is 8.02. The maximum Gasteiger partial charge on any atom is 0.307 e. The number of aldehydes is 1. The number of hydrogen-bond donors (Lipinski definition) is 1. The number of carbonyl (C=O) groups is 2. The van der Waals surface area contributed by atoms with Crippen LogP contribution in [-0.2, 0) is 19.1 Å². The van der Waals surface area contributed by atoms with Crippen LogP contribution in [0.1, 0.15) is 13.8 Å². The van der Waals surface area contributed by atoms with Gasteiger partial charge in [0.2, 0.25) is 0 Å². The van der Waals surface area contributed by atoms with Crippen molar-refractivity contribution in [3.63, 3.8) is 0 Å². The summed E-state index contributed by atoms with van der Waals surface area (Å²) < 4.78 is 9.83. The summed E-state index contributed by atoms with van der Waals surface area (Å²) in [7, 11) is 0. The molecule has 14 heavy (non-hydrogen) atoms. The third-order valence-corrected chi connectivity index (χ3v) is 1.94. The second-order valence-corrected chi connectivity index (χ2v) is 3.05. The van der Waals surface area contributed by atoms with E-state index in [1.807, 2.05) is 0 Å². The Morgan fingerprint density at radius 2 is 2.36 bits per heavy atom. The van der Waals surface area contributed by atoms with E-state index in [1.54, 1.807) is 6.92 Å². The highest BCUT2D eigenvalue weighted by atomic mass is 16.6. The van der Waals surface area contributed by atoms with E-state index in [4.69, 9.17) is 9.47 Å². The summed E-state index contributed by atoms with van der Waals surface area (Å²) in [5.41, 5.74) is 0. The van der Waals surface area contributed by atoms with Gasteiger partial charge in [-0.3, -0.25) is 4.79 Å². The van der Waals surface area contributed by atoms with Crippen LogP contribution < -0.4 is 0 Å². The topological polar surface area (TPSA) is 72.8 Å². The van der Waals surface area contributed by atoms with E-state index in [2.05, 4.69) is 0 Å². The largest absolute Gasteiger partial charge is 0.492 e. The molecule has 0 amide bonds. The fourth-order valence-electron chi connectivity index (χ4n) is 1.24. The summed E-state index contributed by atoms with van der Waals surface area (Å²) in [5.74, 6) is -0.884. The lowest BCUT2D eigenvalue weighted by atomic mass is 9.99. The van der Waals surface area contributed by atoms with Crippen molar-refractivity contribution in [1.82, 2.24) is 0 Å². The van der Waals surface area contributed by atoms with Crippen molar-refractivity contribution in [3.8, 4) is 0 Å². The van der Waals surface area contributed by atoms with Crippen molar-refractivity contribution in [2.75, 3.05) is 6.61 Å². The van der Waals surface area contributed by atoms with Crippen LogP contribution in [0.3, 0.4) is 0 Å². The molecule has 0 saturated heterocycles. The highest BCUT2D eigenvalue weighted by molar-refractivity contribution is 5.69. The minimum absolute atomic E-state index is 0.0417.